The highest BCUT2D eigenvalue weighted by Gasteiger charge is 2.27. The summed E-state index contributed by atoms with van der Waals surface area (Å²) in [6, 6.07) is 4.50. The molecule has 7 N–H and O–H groups in total. The van der Waals surface area contributed by atoms with Crippen LogP contribution in [0.15, 0.2) is 24.3 Å². The standard InChI is InChI=1S/C18H28N4O5/c1-27-18(26)14(4-2-3-9-19)22-17(25)15(21-16(24)11-20)10-12-5-7-13(23)8-6-12/h5-8,14-15,23H,2-4,9-11,19-20H2,1H3,(H,21,24)(H,22,25)/t14-,15-/m0/s1. The molecule has 27 heavy (non-hydrogen) atoms. The number of rotatable bonds is 11. The number of carbonyl (C=O) groups excluding carboxylic acids is 3. The number of esters is 1. The van der Waals surface area contributed by atoms with E-state index in [-0.39, 0.29) is 18.7 Å². The topological polar surface area (TPSA) is 157 Å². The van der Waals surface area contributed by atoms with Crippen LogP contribution >= 0.6 is 0 Å². The Kier molecular flexibility index (Phi) is 9.84. The maximum Gasteiger partial charge on any atom is 0.328 e. The smallest absolute Gasteiger partial charge is 0.328 e. The minimum atomic E-state index is -0.924. The van der Waals surface area contributed by atoms with E-state index in [1.54, 1.807) is 12.1 Å². The van der Waals surface area contributed by atoms with Gasteiger partial charge in [-0.2, -0.15) is 0 Å². The number of methoxy groups -OCH3 is 1. The van der Waals surface area contributed by atoms with Crippen molar-refractivity contribution in [2.24, 2.45) is 11.5 Å². The lowest BCUT2D eigenvalue weighted by Gasteiger charge is -2.22. The number of carbonyl (C=O) groups is 3. The predicted molar refractivity (Wildman–Crippen MR) is 99.6 cm³/mol. The van der Waals surface area contributed by atoms with Crippen molar-refractivity contribution in [2.45, 2.75) is 37.8 Å². The first-order chi connectivity index (χ1) is 12.9. The number of nitrogens with one attached hydrogen (secondary N) is 2. The summed E-state index contributed by atoms with van der Waals surface area (Å²) < 4.78 is 4.74. The van der Waals surface area contributed by atoms with Gasteiger partial charge in [0.25, 0.3) is 0 Å². The van der Waals surface area contributed by atoms with Crippen molar-refractivity contribution in [3.8, 4) is 5.75 Å². The number of ether oxygens (including phenoxy) is 1. The van der Waals surface area contributed by atoms with Crippen LogP contribution in [0.3, 0.4) is 0 Å². The minimum Gasteiger partial charge on any atom is -0.508 e. The molecule has 0 aliphatic carbocycles. The molecule has 9 nitrogen and oxygen atoms in total. The molecule has 0 bridgehead atoms. The zero-order valence-corrected chi connectivity index (χ0v) is 15.4. The second kappa shape index (κ2) is 11.9. The zero-order chi connectivity index (χ0) is 20.2. The first-order valence-corrected chi connectivity index (χ1v) is 8.76. The summed E-state index contributed by atoms with van der Waals surface area (Å²) in [7, 11) is 1.24. The number of phenols is 1. The van der Waals surface area contributed by atoms with E-state index in [2.05, 4.69) is 10.6 Å². The SMILES string of the molecule is COC(=O)[C@H](CCCCN)NC(=O)[C@H](Cc1ccc(O)cc1)NC(=O)CN. The molecule has 2 atom stereocenters. The zero-order valence-electron chi connectivity index (χ0n) is 15.4. The molecule has 150 valence electrons. The summed E-state index contributed by atoms with van der Waals surface area (Å²) >= 11 is 0. The normalized spacial score (nSPS) is 12.7. The van der Waals surface area contributed by atoms with Crippen LogP contribution in [0.5, 0.6) is 5.75 Å². The van der Waals surface area contributed by atoms with Gasteiger partial charge in [0.15, 0.2) is 0 Å². The number of phenolic OH excluding ortho intramolecular Hbond substituents is 1. The number of amides is 2. The van der Waals surface area contributed by atoms with Gasteiger partial charge in [-0.1, -0.05) is 12.1 Å². The van der Waals surface area contributed by atoms with Crippen LogP contribution in [0.25, 0.3) is 0 Å². The fraction of sp³-hybridized carbons (Fsp3) is 0.500. The van der Waals surface area contributed by atoms with E-state index >= 15 is 0 Å². The molecule has 0 spiro atoms. The molecule has 0 aromatic heterocycles. The molecule has 0 aliphatic rings. The van der Waals surface area contributed by atoms with Crippen LogP contribution in [0, 0.1) is 0 Å². The van der Waals surface area contributed by atoms with Crippen molar-refractivity contribution in [2.75, 3.05) is 20.2 Å². The molecular weight excluding hydrogens is 352 g/mol. The van der Waals surface area contributed by atoms with E-state index in [4.69, 9.17) is 16.2 Å². The summed E-state index contributed by atoms with van der Waals surface area (Å²) in [6.07, 6.45) is 1.92. The van der Waals surface area contributed by atoms with Crippen LogP contribution in [0.2, 0.25) is 0 Å². The van der Waals surface area contributed by atoms with Crippen molar-refractivity contribution < 1.29 is 24.2 Å². The molecule has 0 heterocycles. The number of benzene rings is 1. The Balaban J connectivity index is 2.86. The number of aromatic hydroxyl groups is 1. The Labute approximate surface area is 158 Å². The van der Waals surface area contributed by atoms with Crippen molar-refractivity contribution in [1.29, 1.82) is 0 Å². The lowest BCUT2D eigenvalue weighted by molar-refractivity contribution is -0.145. The lowest BCUT2D eigenvalue weighted by atomic mass is 10.0. The predicted octanol–water partition coefficient (Wildman–Crippen LogP) is -0.835. The second-order valence-electron chi connectivity index (χ2n) is 6.06. The molecule has 0 saturated heterocycles. The molecular formula is C18H28N4O5. The van der Waals surface area contributed by atoms with Crippen molar-refractivity contribution in [3.63, 3.8) is 0 Å². The molecule has 2 amide bonds. The quantitative estimate of drug-likeness (QED) is 0.247. The van der Waals surface area contributed by atoms with Gasteiger partial charge in [0.2, 0.25) is 11.8 Å². The van der Waals surface area contributed by atoms with Gasteiger partial charge in [-0.05, 0) is 43.5 Å². The van der Waals surface area contributed by atoms with E-state index in [9.17, 15) is 19.5 Å². The second-order valence-corrected chi connectivity index (χ2v) is 6.06. The average Bonchev–Trinajstić information content (AvgIpc) is 2.67. The van der Waals surface area contributed by atoms with E-state index in [1.807, 2.05) is 0 Å². The molecule has 0 saturated carbocycles. The number of hydrogen-bond acceptors (Lipinski definition) is 7. The lowest BCUT2D eigenvalue weighted by Crippen LogP contribution is -2.53. The Morgan fingerprint density at radius 1 is 1.07 bits per heavy atom. The highest BCUT2D eigenvalue weighted by molar-refractivity contribution is 5.91. The number of unbranched alkanes of at least 4 members (excludes halogenated alkanes) is 1. The Morgan fingerprint density at radius 3 is 2.30 bits per heavy atom. The van der Waals surface area contributed by atoms with E-state index in [0.29, 0.717) is 25.8 Å². The fourth-order valence-corrected chi connectivity index (χ4v) is 2.49. The van der Waals surface area contributed by atoms with Crippen LogP contribution in [0.4, 0.5) is 0 Å². The third-order valence-electron chi connectivity index (χ3n) is 3.96. The largest absolute Gasteiger partial charge is 0.508 e. The van der Waals surface area contributed by atoms with Gasteiger partial charge >= 0.3 is 5.97 Å². The summed E-state index contributed by atoms with van der Waals surface area (Å²) in [6.45, 7) is 0.216. The number of nitrogens with two attached hydrogens (primary N) is 2. The minimum absolute atomic E-state index is 0.0939. The van der Waals surface area contributed by atoms with Crippen LogP contribution in [0.1, 0.15) is 24.8 Å². The summed E-state index contributed by atoms with van der Waals surface area (Å²) in [4.78, 5) is 36.3. The molecule has 0 radical (unpaired) electrons. The molecule has 1 rings (SSSR count). The third kappa shape index (κ3) is 8.06. The van der Waals surface area contributed by atoms with Gasteiger partial charge in [-0.15, -0.1) is 0 Å². The summed E-state index contributed by atoms with van der Waals surface area (Å²) in [5, 5.41) is 14.5. The third-order valence-corrected chi connectivity index (χ3v) is 3.96. The van der Waals surface area contributed by atoms with E-state index < -0.39 is 29.9 Å². The van der Waals surface area contributed by atoms with Gasteiger partial charge in [0, 0.05) is 6.42 Å². The molecule has 1 aromatic carbocycles. The van der Waals surface area contributed by atoms with Gasteiger partial charge in [-0.25, -0.2) is 4.79 Å². The van der Waals surface area contributed by atoms with Crippen LogP contribution < -0.4 is 22.1 Å². The van der Waals surface area contributed by atoms with Crippen LogP contribution in [-0.2, 0) is 25.5 Å². The first-order valence-electron chi connectivity index (χ1n) is 8.76. The van der Waals surface area contributed by atoms with Crippen molar-refractivity contribution in [3.05, 3.63) is 29.8 Å². The highest BCUT2D eigenvalue weighted by atomic mass is 16.5. The molecule has 9 heteroatoms. The molecule has 0 unspecified atom stereocenters. The van der Waals surface area contributed by atoms with Gasteiger partial charge < -0.3 is 31.9 Å². The van der Waals surface area contributed by atoms with Gasteiger partial charge in [0.05, 0.1) is 13.7 Å². The average molecular weight is 380 g/mol. The van der Waals surface area contributed by atoms with Gasteiger partial charge in [-0.3, -0.25) is 9.59 Å². The Morgan fingerprint density at radius 2 is 1.74 bits per heavy atom. The highest BCUT2D eigenvalue weighted by Crippen LogP contribution is 2.12. The van der Waals surface area contributed by atoms with E-state index in [0.717, 1.165) is 5.56 Å². The van der Waals surface area contributed by atoms with Crippen molar-refractivity contribution >= 4 is 17.8 Å². The summed E-state index contributed by atoms with van der Waals surface area (Å²) in [5.41, 5.74) is 11.5. The van der Waals surface area contributed by atoms with Gasteiger partial charge in [0.1, 0.15) is 17.8 Å². The molecule has 0 aliphatic heterocycles. The summed E-state index contributed by atoms with van der Waals surface area (Å²) in [5.74, 6) is -1.48. The molecule has 1 aromatic rings. The Bertz CT molecular complexity index is 621. The molecule has 0 fully saturated rings. The first kappa shape index (κ1) is 22.4. The monoisotopic (exact) mass is 380 g/mol. The maximum absolute atomic E-state index is 12.7. The Hall–Kier alpha value is -2.65. The fourth-order valence-electron chi connectivity index (χ4n) is 2.49. The van der Waals surface area contributed by atoms with Crippen LogP contribution in [-0.4, -0.2) is 55.2 Å². The number of hydrogen-bond donors (Lipinski definition) is 5. The maximum atomic E-state index is 12.7. The van der Waals surface area contributed by atoms with Crippen molar-refractivity contribution in [1.82, 2.24) is 10.6 Å². The van der Waals surface area contributed by atoms with E-state index in [1.165, 1.54) is 19.2 Å².